The molecule has 6 heteroatoms. The van der Waals surface area contributed by atoms with E-state index in [1.807, 2.05) is 36.7 Å². The summed E-state index contributed by atoms with van der Waals surface area (Å²) in [6.07, 6.45) is 4.78. The highest BCUT2D eigenvalue weighted by Gasteiger charge is 2.26. The monoisotopic (exact) mass is 372 g/mol. The lowest BCUT2D eigenvalue weighted by molar-refractivity contribution is -0.121. The summed E-state index contributed by atoms with van der Waals surface area (Å²) in [5.41, 5.74) is 2.24. The van der Waals surface area contributed by atoms with Crippen LogP contribution in [-0.4, -0.2) is 32.0 Å². The molecular formula is C20H28N4OS. The smallest absolute Gasteiger partial charge is 0.233 e. The molecule has 1 N–H and O–H groups in total. The minimum Gasteiger partial charge on any atom is -0.352 e. The van der Waals surface area contributed by atoms with Crippen LogP contribution in [0.25, 0.3) is 11.4 Å². The molecular weight excluding hydrogens is 344 g/mol. The predicted molar refractivity (Wildman–Crippen MR) is 106 cm³/mol. The van der Waals surface area contributed by atoms with Gasteiger partial charge in [-0.3, -0.25) is 4.79 Å². The first-order valence-electron chi connectivity index (χ1n) is 9.39. The summed E-state index contributed by atoms with van der Waals surface area (Å²) in [7, 11) is 1.96. The van der Waals surface area contributed by atoms with Crippen LogP contribution in [0.4, 0.5) is 0 Å². The highest BCUT2D eigenvalue weighted by molar-refractivity contribution is 8.00. The number of rotatable bonds is 5. The molecule has 1 aromatic carbocycles. The van der Waals surface area contributed by atoms with Crippen molar-refractivity contribution in [3.63, 3.8) is 0 Å². The lowest BCUT2D eigenvalue weighted by Crippen LogP contribution is -2.44. The number of nitrogens with one attached hydrogen (secondary N) is 1. The molecule has 1 amide bonds. The minimum atomic E-state index is -0.197. The van der Waals surface area contributed by atoms with Crippen LogP contribution in [0.2, 0.25) is 0 Å². The van der Waals surface area contributed by atoms with Gasteiger partial charge in [0.2, 0.25) is 5.91 Å². The second-order valence-electron chi connectivity index (χ2n) is 7.32. The fourth-order valence-electron chi connectivity index (χ4n) is 3.52. The van der Waals surface area contributed by atoms with E-state index in [-0.39, 0.29) is 11.2 Å². The standard InChI is InChI=1S/C20H28N4OS/c1-13-9-5-7-11-16(13)18-22-23-20(24(18)4)26-15(3)19(25)21-17-12-8-6-10-14(17)2/h5,7,9,11,14-15,17H,6,8,10,12H2,1-4H3,(H,21,25)/t14-,15-,17+/m0/s1. The van der Waals surface area contributed by atoms with E-state index >= 15 is 0 Å². The Labute approximate surface area is 160 Å². The van der Waals surface area contributed by atoms with Crippen molar-refractivity contribution < 1.29 is 4.79 Å². The van der Waals surface area contributed by atoms with Crippen molar-refractivity contribution in [2.75, 3.05) is 0 Å². The third kappa shape index (κ3) is 4.11. The van der Waals surface area contributed by atoms with E-state index in [2.05, 4.69) is 35.4 Å². The molecule has 26 heavy (non-hydrogen) atoms. The van der Waals surface area contributed by atoms with Crippen molar-refractivity contribution in [3.05, 3.63) is 29.8 Å². The normalized spacial score (nSPS) is 21.4. The van der Waals surface area contributed by atoms with Gasteiger partial charge in [-0.05, 0) is 38.2 Å². The number of nitrogens with zero attached hydrogens (tertiary/aromatic N) is 3. The molecule has 140 valence electrons. The van der Waals surface area contributed by atoms with Gasteiger partial charge in [0.1, 0.15) is 0 Å². The molecule has 0 bridgehead atoms. The molecule has 0 radical (unpaired) electrons. The quantitative estimate of drug-likeness (QED) is 0.807. The van der Waals surface area contributed by atoms with Gasteiger partial charge in [0.05, 0.1) is 5.25 Å². The molecule has 1 aliphatic carbocycles. The number of carbonyl (C=O) groups is 1. The molecule has 2 aromatic rings. The van der Waals surface area contributed by atoms with Crippen LogP contribution in [0.5, 0.6) is 0 Å². The second kappa shape index (κ2) is 8.25. The zero-order valence-electron chi connectivity index (χ0n) is 16.0. The first-order chi connectivity index (χ1) is 12.5. The fraction of sp³-hybridized carbons (Fsp3) is 0.550. The van der Waals surface area contributed by atoms with Crippen LogP contribution in [0.15, 0.2) is 29.4 Å². The van der Waals surface area contributed by atoms with Crippen molar-refractivity contribution in [1.82, 2.24) is 20.1 Å². The maximum Gasteiger partial charge on any atom is 0.233 e. The third-order valence-corrected chi connectivity index (χ3v) is 6.45. The zero-order valence-corrected chi connectivity index (χ0v) is 16.8. The predicted octanol–water partition coefficient (Wildman–Crippen LogP) is 3.97. The summed E-state index contributed by atoms with van der Waals surface area (Å²) in [5.74, 6) is 1.49. The first-order valence-corrected chi connectivity index (χ1v) is 10.3. The maximum absolute atomic E-state index is 12.6. The molecule has 0 aliphatic heterocycles. The van der Waals surface area contributed by atoms with Gasteiger partial charge in [-0.25, -0.2) is 0 Å². The van der Waals surface area contributed by atoms with Crippen LogP contribution in [0.3, 0.4) is 0 Å². The van der Waals surface area contributed by atoms with Gasteiger partial charge in [0.15, 0.2) is 11.0 Å². The number of hydrogen-bond donors (Lipinski definition) is 1. The Bertz CT molecular complexity index is 773. The van der Waals surface area contributed by atoms with Gasteiger partial charge in [-0.2, -0.15) is 0 Å². The Morgan fingerprint density at radius 1 is 1.27 bits per heavy atom. The van der Waals surface area contributed by atoms with Crippen molar-refractivity contribution >= 4 is 17.7 Å². The Kier molecular flexibility index (Phi) is 6.01. The summed E-state index contributed by atoms with van der Waals surface area (Å²) < 4.78 is 1.97. The van der Waals surface area contributed by atoms with Crippen LogP contribution in [0.1, 0.15) is 45.1 Å². The Morgan fingerprint density at radius 3 is 2.73 bits per heavy atom. The third-order valence-electron chi connectivity index (χ3n) is 5.31. The molecule has 5 nitrogen and oxygen atoms in total. The van der Waals surface area contributed by atoms with E-state index in [4.69, 9.17) is 0 Å². The second-order valence-corrected chi connectivity index (χ2v) is 8.62. The largest absolute Gasteiger partial charge is 0.352 e. The average Bonchev–Trinajstić information content (AvgIpc) is 2.98. The average molecular weight is 373 g/mol. The summed E-state index contributed by atoms with van der Waals surface area (Å²) in [4.78, 5) is 12.6. The fourth-order valence-corrected chi connectivity index (χ4v) is 4.34. The van der Waals surface area contributed by atoms with Crippen molar-refractivity contribution in [3.8, 4) is 11.4 Å². The molecule has 1 fully saturated rings. The van der Waals surface area contributed by atoms with E-state index in [1.54, 1.807) is 0 Å². The summed E-state index contributed by atoms with van der Waals surface area (Å²) in [6, 6.07) is 8.45. The zero-order chi connectivity index (χ0) is 18.7. The Morgan fingerprint density at radius 2 is 2.00 bits per heavy atom. The van der Waals surface area contributed by atoms with E-state index < -0.39 is 0 Å². The van der Waals surface area contributed by atoms with Crippen molar-refractivity contribution in [2.45, 2.75) is 62.9 Å². The van der Waals surface area contributed by atoms with E-state index in [1.165, 1.54) is 31.0 Å². The Balaban J connectivity index is 1.67. The van der Waals surface area contributed by atoms with Gasteiger partial charge in [-0.1, -0.05) is 55.8 Å². The Hall–Kier alpha value is -1.82. The summed E-state index contributed by atoms with van der Waals surface area (Å²) in [6.45, 7) is 6.24. The number of aromatic nitrogens is 3. The first kappa shape index (κ1) is 19.0. The molecule has 3 rings (SSSR count). The number of benzene rings is 1. The number of hydrogen-bond acceptors (Lipinski definition) is 4. The summed E-state index contributed by atoms with van der Waals surface area (Å²) >= 11 is 1.47. The van der Waals surface area contributed by atoms with Crippen molar-refractivity contribution in [2.24, 2.45) is 13.0 Å². The van der Waals surface area contributed by atoms with Crippen molar-refractivity contribution in [1.29, 1.82) is 0 Å². The highest BCUT2D eigenvalue weighted by Crippen LogP contribution is 2.28. The number of aryl methyl sites for hydroxylation is 1. The van der Waals surface area contributed by atoms with Gasteiger partial charge < -0.3 is 9.88 Å². The van der Waals surface area contributed by atoms with Gasteiger partial charge >= 0.3 is 0 Å². The van der Waals surface area contributed by atoms with Crippen LogP contribution >= 0.6 is 11.8 Å². The van der Waals surface area contributed by atoms with E-state index in [0.717, 1.165) is 28.5 Å². The molecule has 3 atom stereocenters. The molecule has 0 spiro atoms. The van der Waals surface area contributed by atoms with E-state index in [9.17, 15) is 4.79 Å². The maximum atomic E-state index is 12.6. The molecule has 0 saturated heterocycles. The molecule has 1 aliphatic rings. The SMILES string of the molecule is Cc1ccccc1-c1nnc(S[C@@H](C)C(=O)N[C@@H]2CCCC[C@@H]2C)n1C. The topological polar surface area (TPSA) is 59.8 Å². The summed E-state index contributed by atoms with van der Waals surface area (Å²) in [5, 5.41) is 12.5. The number of amides is 1. The molecule has 1 heterocycles. The minimum absolute atomic E-state index is 0.0918. The number of carbonyl (C=O) groups excluding carboxylic acids is 1. The highest BCUT2D eigenvalue weighted by atomic mass is 32.2. The van der Waals surface area contributed by atoms with Gasteiger partial charge in [0.25, 0.3) is 0 Å². The van der Waals surface area contributed by atoms with Crippen LogP contribution in [-0.2, 0) is 11.8 Å². The van der Waals surface area contributed by atoms with Gasteiger partial charge in [-0.15, -0.1) is 10.2 Å². The molecule has 1 aromatic heterocycles. The van der Waals surface area contributed by atoms with Crippen LogP contribution < -0.4 is 5.32 Å². The molecule has 1 saturated carbocycles. The number of thioether (sulfide) groups is 1. The van der Waals surface area contributed by atoms with Crippen LogP contribution in [0, 0.1) is 12.8 Å². The van der Waals surface area contributed by atoms with E-state index in [0.29, 0.717) is 12.0 Å². The van der Waals surface area contributed by atoms with Gasteiger partial charge in [0, 0.05) is 18.7 Å². The lowest BCUT2D eigenvalue weighted by Gasteiger charge is -2.30. The lowest BCUT2D eigenvalue weighted by atomic mass is 9.86. The molecule has 0 unspecified atom stereocenters.